The fourth-order valence-corrected chi connectivity index (χ4v) is 3.55. The molecule has 0 bridgehead atoms. The van der Waals surface area contributed by atoms with Gasteiger partial charge < -0.3 is 8.98 Å². The maximum absolute atomic E-state index is 13.3. The molecule has 2 aromatic carbocycles. The molecule has 0 aliphatic heterocycles. The maximum Gasteiger partial charge on any atom is 0.237 e. The van der Waals surface area contributed by atoms with Crippen molar-refractivity contribution >= 4 is 23.0 Å². The molecule has 0 atom stereocenters. The molecule has 0 saturated carbocycles. The monoisotopic (exact) mass is 385 g/mol. The van der Waals surface area contributed by atoms with Crippen LogP contribution in [-0.2, 0) is 6.54 Å². The fraction of sp³-hybridized carbons (Fsp3) is 0.167. The Morgan fingerprint density at radius 2 is 1.83 bits per heavy atom. The molecular weight excluding hydrogens is 365 g/mol. The summed E-state index contributed by atoms with van der Waals surface area (Å²) in [5.41, 5.74) is 5.38. The van der Waals surface area contributed by atoms with E-state index in [1.807, 2.05) is 32.9 Å². The number of aliphatic imine (C=N–C) groups is 1. The SMILES string of the molecule is Cc1oc(N=Cc2c(C)n(Cc3ccc(F)cc3)c3ccccc23)c(C#N)c1C. The standard InChI is InChI=1S/C24H20FN3O/c1-15-17(3)29-24(21(15)12-26)27-13-22-16(2)28(23-7-5-4-6-20(22)23)14-18-8-10-19(25)11-9-18/h4-11,13H,14H2,1-3H3. The molecule has 0 spiro atoms. The average molecular weight is 385 g/mol. The van der Waals surface area contributed by atoms with Crippen LogP contribution in [0.1, 0.15) is 33.7 Å². The van der Waals surface area contributed by atoms with Crippen LogP contribution in [-0.4, -0.2) is 10.8 Å². The zero-order valence-electron chi connectivity index (χ0n) is 16.5. The molecule has 0 aliphatic carbocycles. The molecule has 0 amide bonds. The van der Waals surface area contributed by atoms with Gasteiger partial charge in [0.25, 0.3) is 0 Å². The summed E-state index contributed by atoms with van der Waals surface area (Å²) in [5, 5.41) is 10.5. The molecule has 29 heavy (non-hydrogen) atoms. The zero-order chi connectivity index (χ0) is 20.5. The van der Waals surface area contributed by atoms with Gasteiger partial charge in [-0.25, -0.2) is 9.38 Å². The lowest BCUT2D eigenvalue weighted by atomic mass is 10.1. The molecular formula is C24H20FN3O. The Bertz CT molecular complexity index is 1270. The van der Waals surface area contributed by atoms with Crippen LogP contribution in [0, 0.1) is 37.9 Å². The molecule has 2 aromatic heterocycles. The van der Waals surface area contributed by atoms with E-state index in [0.717, 1.165) is 33.3 Å². The van der Waals surface area contributed by atoms with Gasteiger partial charge in [0.2, 0.25) is 5.88 Å². The maximum atomic E-state index is 13.3. The molecule has 144 valence electrons. The lowest BCUT2D eigenvalue weighted by molar-refractivity contribution is 0.542. The zero-order valence-corrected chi connectivity index (χ0v) is 16.5. The van der Waals surface area contributed by atoms with Crippen LogP contribution in [0.25, 0.3) is 10.9 Å². The minimum atomic E-state index is -0.243. The summed E-state index contributed by atoms with van der Waals surface area (Å²) in [6.45, 7) is 6.35. The van der Waals surface area contributed by atoms with E-state index in [2.05, 4.69) is 27.8 Å². The minimum absolute atomic E-state index is 0.243. The summed E-state index contributed by atoms with van der Waals surface area (Å²) in [4.78, 5) is 4.49. The molecule has 0 N–H and O–H groups in total. The summed E-state index contributed by atoms with van der Waals surface area (Å²) in [7, 11) is 0. The number of hydrogen-bond donors (Lipinski definition) is 0. The van der Waals surface area contributed by atoms with Gasteiger partial charge in [0.05, 0.1) is 0 Å². The van der Waals surface area contributed by atoms with Gasteiger partial charge >= 0.3 is 0 Å². The molecule has 0 fully saturated rings. The molecule has 4 aromatic rings. The number of furan rings is 1. The molecule has 0 aliphatic rings. The van der Waals surface area contributed by atoms with Crippen molar-refractivity contribution in [3.63, 3.8) is 0 Å². The van der Waals surface area contributed by atoms with Crippen LogP contribution in [0.15, 0.2) is 57.9 Å². The fourth-order valence-electron chi connectivity index (χ4n) is 3.55. The van der Waals surface area contributed by atoms with Crippen molar-refractivity contribution in [2.75, 3.05) is 0 Å². The van der Waals surface area contributed by atoms with Crippen LogP contribution in [0.2, 0.25) is 0 Å². The van der Waals surface area contributed by atoms with Crippen LogP contribution in [0.4, 0.5) is 10.3 Å². The van der Waals surface area contributed by atoms with E-state index in [-0.39, 0.29) is 5.82 Å². The Hall–Kier alpha value is -3.65. The molecule has 0 unspecified atom stereocenters. The predicted molar refractivity (Wildman–Crippen MR) is 112 cm³/mol. The molecule has 2 heterocycles. The molecule has 0 radical (unpaired) electrons. The van der Waals surface area contributed by atoms with E-state index in [0.29, 0.717) is 23.8 Å². The molecule has 4 rings (SSSR count). The lowest BCUT2D eigenvalue weighted by Crippen LogP contribution is -2.02. The van der Waals surface area contributed by atoms with Crippen molar-refractivity contribution in [1.29, 1.82) is 5.26 Å². The highest BCUT2D eigenvalue weighted by molar-refractivity contribution is 6.01. The van der Waals surface area contributed by atoms with E-state index < -0.39 is 0 Å². The van der Waals surface area contributed by atoms with Gasteiger partial charge in [0, 0.05) is 40.5 Å². The van der Waals surface area contributed by atoms with Gasteiger partial charge in [0.1, 0.15) is 23.2 Å². The van der Waals surface area contributed by atoms with Gasteiger partial charge in [-0.1, -0.05) is 30.3 Å². The second kappa shape index (κ2) is 7.40. The minimum Gasteiger partial charge on any atom is -0.442 e. The van der Waals surface area contributed by atoms with E-state index in [1.165, 1.54) is 12.1 Å². The summed E-state index contributed by atoms with van der Waals surface area (Å²) in [5.74, 6) is 0.786. The summed E-state index contributed by atoms with van der Waals surface area (Å²) >= 11 is 0. The van der Waals surface area contributed by atoms with Crippen LogP contribution in [0.3, 0.4) is 0 Å². The topological polar surface area (TPSA) is 54.2 Å². The summed E-state index contributed by atoms with van der Waals surface area (Å²) in [6.07, 6.45) is 1.76. The first kappa shape index (κ1) is 18.7. The van der Waals surface area contributed by atoms with E-state index in [1.54, 1.807) is 18.3 Å². The number of fused-ring (bicyclic) bond motifs is 1. The van der Waals surface area contributed by atoms with Crippen molar-refractivity contribution in [2.45, 2.75) is 27.3 Å². The third-order valence-electron chi connectivity index (χ3n) is 5.32. The Balaban J connectivity index is 1.80. The van der Waals surface area contributed by atoms with E-state index >= 15 is 0 Å². The highest BCUT2D eigenvalue weighted by Gasteiger charge is 2.15. The Morgan fingerprint density at radius 1 is 1.10 bits per heavy atom. The Labute approximate surface area is 168 Å². The average Bonchev–Trinajstić information content (AvgIpc) is 3.15. The molecule has 5 heteroatoms. The molecule has 4 nitrogen and oxygen atoms in total. The number of aryl methyl sites for hydroxylation is 1. The number of benzene rings is 2. The number of nitrogens with zero attached hydrogens (tertiary/aromatic N) is 3. The quantitative estimate of drug-likeness (QED) is 0.406. The third kappa shape index (κ3) is 3.34. The van der Waals surface area contributed by atoms with Crippen molar-refractivity contribution in [2.24, 2.45) is 4.99 Å². The number of hydrogen-bond acceptors (Lipinski definition) is 3. The normalized spacial score (nSPS) is 11.4. The van der Waals surface area contributed by atoms with Gasteiger partial charge in [-0.05, 0) is 44.5 Å². The number of nitriles is 1. The predicted octanol–water partition coefficient (Wildman–Crippen LogP) is 5.97. The largest absolute Gasteiger partial charge is 0.442 e. The summed E-state index contributed by atoms with van der Waals surface area (Å²) in [6, 6.07) is 16.8. The van der Waals surface area contributed by atoms with Crippen molar-refractivity contribution in [1.82, 2.24) is 4.57 Å². The lowest BCUT2D eigenvalue weighted by Gasteiger charge is -2.08. The van der Waals surface area contributed by atoms with Crippen LogP contribution in [0.5, 0.6) is 0 Å². The third-order valence-corrected chi connectivity index (χ3v) is 5.32. The smallest absolute Gasteiger partial charge is 0.237 e. The first-order valence-corrected chi connectivity index (χ1v) is 9.36. The highest BCUT2D eigenvalue weighted by atomic mass is 19.1. The number of rotatable bonds is 4. The van der Waals surface area contributed by atoms with Crippen molar-refractivity contribution in [3.8, 4) is 6.07 Å². The second-order valence-corrected chi connectivity index (χ2v) is 7.06. The van der Waals surface area contributed by atoms with E-state index in [9.17, 15) is 9.65 Å². The summed E-state index contributed by atoms with van der Waals surface area (Å²) < 4.78 is 21.1. The second-order valence-electron chi connectivity index (χ2n) is 7.06. The van der Waals surface area contributed by atoms with Crippen molar-refractivity contribution < 1.29 is 8.81 Å². The van der Waals surface area contributed by atoms with Gasteiger partial charge in [-0.2, -0.15) is 5.26 Å². The van der Waals surface area contributed by atoms with Crippen LogP contribution >= 0.6 is 0 Å². The highest BCUT2D eigenvalue weighted by Crippen LogP contribution is 2.30. The number of halogens is 1. The Morgan fingerprint density at radius 3 is 2.55 bits per heavy atom. The molecule has 0 saturated heterocycles. The van der Waals surface area contributed by atoms with Crippen molar-refractivity contribution in [3.05, 3.63) is 88.1 Å². The first-order chi connectivity index (χ1) is 14.0. The Kier molecular flexibility index (Phi) is 4.77. The van der Waals surface area contributed by atoms with Crippen LogP contribution < -0.4 is 0 Å². The van der Waals surface area contributed by atoms with Gasteiger partial charge in [-0.3, -0.25) is 0 Å². The first-order valence-electron chi connectivity index (χ1n) is 9.36. The number of aromatic nitrogens is 1. The van der Waals surface area contributed by atoms with Gasteiger partial charge in [0.15, 0.2) is 0 Å². The van der Waals surface area contributed by atoms with E-state index in [4.69, 9.17) is 4.42 Å². The number of para-hydroxylation sites is 1. The van der Waals surface area contributed by atoms with Gasteiger partial charge in [-0.15, -0.1) is 0 Å².